The van der Waals surface area contributed by atoms with Gasteiger partial charge < -0.3 is 18.6 Å². The Morgan fingerprint density at radius 2 is 1.94 bits per heavy atom. The van der Waals surface area contributed by atoms with E-state index in [0.717, 1.165) is 24.0 Å². The van der Waals surface area contributed by atoms with Crippen LogP contribution in [0, 0.1) is 0 Å². The minimum atomic E-state index is -0.512. The summed E-state index contributed by atoms with van der Waals surface area (Å²) in [6.07, 6.45) is 3.10. The van der Waals surface area contributed by atoms with Crippen molar-refractivity contribution in [1.82, 2.24) is 0 Å². The molecule has 0 unspecified atom stereocenters. The van der Waals surface area contributed by atoms with Crippen LogP contribution in [0.4, 0.5) is 0 Å². The third-order valence-corrected chi connectivity index (χ3v) is 5.38. The zero-order valence-electron chi connectivity index (χ0n) is 18.9. The second-order valence-corrected chi connectivity index (χ2v) is 8.38. The molecule has 0 amide bonds. The maximum atomic E-state index is 13.0. The molecule has 0 N–H and O–H groups in total. The van der Waals surface area contributed by atoms with E-state index in [0.29, 0.717) is 29.7 Å². The Labute approximate surface area is 181 Å². The number of ketones is 1. The number of fused-ring (bicyclic) bond motifs is 3. The van der Waals surface area contributed by atoms with Crippen LogP contribution in [0.3, 0.4) is 0 Å². The maximum absolute atomic E-state index is 13.0. The molecule has 0 atom stereocenters. The van der Waals surface area contributed by atoms with Crippen molar-refractivity contribution in [2.45, 2.75) is 72.3 Å². The van der Waals surface area contributed by atoms with Gasteiger partial charge in [-0.1, -0.05) is 20.3 Å². The predicted octanol–water partition coefficient (Wildman–Crippen LogP) is 4.38. The number of carbonyl (C=O) groups excluding carboxylic acids is 2. The number of ether oxygens (including phenoxy) is 3. The smallest absolute Gasteiger partial charge is 0.336 e. The Balaban J connectivity index is 2.31. The SMILES string of the molecule is CCCc1cc(=O)oc2c(C(=O)CC)c(OCCOC(C)=O)c3c(c12)OC(C)(C)CC3. The summed E-state index contributed by atoms with van der Waals surface area (Å²) in [7, 11) is 0. The number of aryl methyl sites for hydroxylation is 1. The minimum Gasteiger partial charge on any atom is -0.489 e. The number of hydrogen-bond donors (Lipinski definition) is 0. The summed E-state index contributed by atoms with van der Waals surface area (Å²) in [6, 6.07) is 1.48. The van der Waals surface area contributed by atoms with Gasteiger partial charge in [0.25, 0.3) is 0 Å². The molecule has 0 bridgehead atoms. The Bertz CT molecular complexity index is 1060. The van der Waals surface area contributed by atoms with Crippen LogP contribution >= 0.6 is 0 Å². The summed E-state index contributed by atoms with van der Waals surface area (Å²) >= 11 is 0. The summed E-state index contributed by atoms with van der Waals surface area (Å²) < 4.78 is 22.9. The number of carbonyl (C=O) groups is 2. The Hall–Kier alpha value is -2.83. The number of benzene rings is 1. The highest BCUT2D eigenvalue weighted by molar-refractivity contribution is 6.11. The molecule has 1 aromatic heterocycles. The van der Waals surface area contributed by atoms with E-state index in [1.165, 1.54) is 13.0 Å². The van der Waals surface area contributed by atoms with Gasteiger partial charge in [-0.05, 0) is 38.7 Å². The van der Waals surface area contributed by atoms with Gasteiger partial charge in [0.05, 0.1) is 5.39 Å². The standard InChI is InChI=1S/C24H30O7/c1-6-8-15-13-18(27)30-23-19(15)22-16(9-10-24(4,5)31-22)21(20(23)17(26)7-2)29-12-11-28-14(3)25/h13H,6-12H2,1-5H3. The number of rotatable bonds is 8. The lowest BCUT2D eigenvalue weighted by molar-refractivity contribution is -0.141. The molecule has 0 spiro atoms. The first-order chi connectivity index (χ1) is 14.7. The first-order valence-electron chi connectivity index (χ1n) is 10.8. The number of hydrogen-bond acceptors (Lipinski definition) is 7. The van der Waals surface area contributed by atoms with Crippen molar-refractivity contribution in [2.75, 3.05) is 13.2 Å². The van der Waals surface area contributed by atoms with E-state index >= 15 is 0 Å². The van der Waals surface area contributed by atoms with Crippen molar-refractivity contribution in [1.29, 1.82) is 0 Å². The maximum Gasteiger partial charge on any atom is 0.336 e. The van der Waals surface area contributed by atoms with Crippen LogP contribution in [0.1, 0.15) is 75.4 Å². The average Bonchev–Trinajstić information content (AvgIpc) is 2.69. The molecule has 0 fully saturated rings. The molecule has 1 aliphatic rings. The van der Waals surface area contributed by atoms with Crippen LogP contribution in [0.5, 0.6) is 11.5 Å². The molecule has 7 heteroatoms. The molecule has 1 aromatic carbocycles. The van der Waals surface area contributed by atoms with Gasteiger partial charge >= 0.3 is 11.6 Å². The summed E-state index contributed by atoms with van der Waals surface area (Å²) in [5.41, 5.74) is 1.14. The Kier molecular flexibility index (Phi) is 6.72. The van der Waals surface area contributed by atoms with Crippen molar-refractivity contribution in [3.63, 3.8) is 0 Å². The summed E-state index contributed by atoms with van der Waals surface area (Å²) in [4.78, 5) is 36.5. The molecule has 3 rings (SSSR count). The first-order valence-corrected chi connectivity index (χ1v) is 10.8. The molecule has 168 valence electrons. The van der Waals surface area contributed by atoms with E-state index in [1.54, 1.807) is 6.92 Å². The second-order valence-electron chi connectivity index (χ2n) is 8.38. The van der Waals surface area contributed by atoms with Crippen molar-refractivity contribution < 1.29 is 28.2 Å². The van der Waals surface area contributed by atoms with Gasteiger partial charge in [-0.2, -0.15) is 0 Å². The van der Waals surface area contributed by atoms with Crippen LogP contribution in [0.2, 0.25) is 0 Å². The molecule has 2 aromatic rings. The lowest BCUT2D eigenvalue weighted by Crippen LogP contribution is -2.33. The lowest BCUT2D eigenvalue weighted by Gasteiger charge is -2.35. The number of esters is 1. The van der Waals surface area contributed by atoms with Crippen LogP contribution in [-0.2, 0) is 22.4 Å². The topological polar surface area (TPSA) is 92.0 Å². The normalized spacial score (nSPS) is 14.6. The van der Waals surface area contributed by atoms with Gasteiger partial charge in [0, 0.05) is 25.0 Å². The van der Waals surface area contributed by atoms with Crippen LogP contribution < -0.4 is 15.1 Å². The second kappa shape index (κ2) is 9.12. The molecule has 1 aliphatic heterocycles. The fraction of sp³-hybridized carbons (Fsp3) is 0.542. The fourth-order valence-corrected chi connectivity index (χ4v) is 3.95. The molecular formula is C24H30O7. The molecule has 0 aliphatic carbocycles. The molecule has 0 saturated heterocycles. The van der Waals surface area contributed by atoms with E-state index in [-0.39, 0.29) is 36.6 Å². The highest BCUT2D eigenvalue weighted by atomic mass is 16.6. The molecular weight excluding hydrogens is 400 g/mol. The van der Waals surface area contributed by atoms with Crippen molar-refractivity contribution >= 4 is 22.7 Å². The van der Waals surface area contributed by atoms with E-state index in [1.807, 2.05) is 20.8 Å². The predicted molar refractivity (Wildman–Crippen MR) is 116 cm³/mol. The van der Waals surface area contributed by atoms with E-state index in [9.17, 15) is 14.4 Å². The van der Waals surface area contributed by atoms with Gasteiger partial charge in [0.1, 0.15) is 35.9 Å². The van der Waals surface area contributed by atoms with Crippen molar-refractivity contribution in [3.8, 4) is 11.5 Å². The monoisotopic (exact) mass is 430 g/mol. The zero-order valence-corrected chi connectivity index (χ0v) is 18.9. The Morgan fingerprint density at radius 1 is 1.19 bits per heavy atom. The van der Waals surface area contributed by atoms with Crippen molar-refractivity contribution in [2.24, 2.45) is 0 Å². The molecule has 7 nitrogen and oxygen atoms in total. The van der Waals surface area contributed by atoms with E-state index in [4.69, 9.17) is 18.6 Å². The summed E-state index contributed by atoms with van der Waals surface area (Å²) in [6.45, 7) is 9.24. The summed E-state index contributed by atoms with van der Waals surface area (Å²) in [5, 5.41) is 0.674. The van der Waals surface area contributed by atoms with E-state index < -0.39 is 17.2 Å². The van der Waals surface area contributed by atoms with E-state index in [2.05, 4.69) is 0 Å². The summed E-state index contributed by atoms with van der Waals surface area (Å²) in [5.74, 6) is 0.369. The van der Waals surface area contributed by atoms with Crippen LogP contribution in [0.25, 0.3) is 11.0 Å². The zero-order chi connectivity index (χ0) is 22.8. The third-order valence-electron chi connectivity index (χ3n) is 5.38. The van der Waals surface area contributed by atoms with Crippen LogP contribution in [0.15, 0.2) is 15.3 Å². The molecule has 0 saturated carbocycles. The minimum absolute atomic E-state index is 0.0497. The van der Waals surface area contributed by atoms with Gasteiger partial charge in [0.2, 0.25) is 0 Å². The number of Topliss-reactive ketones (excluding diaryl/α,β-unsaturated/α-hetero) is 1. The first kappa shape index (κ1) is 22.8. The van der Waals surface area contributed by atoms with Gasteiger partial charge in [0.15, 0.2) is 11.4 Å². The molecule has 2 heterocycles. The Morgan fingerprint density at radius 3 is 2.58 bits per heavy atom. The van der Waals surface area contributed by atoms with Crippen molar-refractivity contribution in [3.05, 3.63) is 33.2 Å². The quantitative estimate of drug-likeness (QED) is 0.265. The van der Waals surface area contributed by atoms with Gasteiger partial charge in [-0.3, -0.25) is 9.59 Å². The average molecular weight is 430 g/mol. The molecule has 31 heavy (non-hydrogen) atoms. The third kappa shape index (κ3) is 4.75. The van der Waals surface area contributed by atoms with Gasteiger partial charge in [-0.15, -0.1) is 0 Å². The largest absolute Gasteiger partial charge is 0.489 e. The van der Waals surface area contributed by atoms with Crippen LogP contribution in [-0.4, -0.2) is 30.6 Å². The molecule has 0 radical (unpaired) electrons. The fourth-order valence-electron chi connectivity index (χ4n) is 3.95. The van der Waals surface area contributed by atoms with Gasteiger partial charge in [-0.25, -0.2) is 4.79 Å². The highest BCUT2D eigenvalue weighted by Gasteiger charge is 2.35. The highest BCUT2D eigenvalue weighted by Crippen LogP contribution is 2.47. The lowest BCUT2D eigenvalue weighted by atomic mass is 9.88.